The molecule has 1 aromatic heterocycles. The van der Waals surface area contributed by atoms with Gasteiger partial charge in [-0.2, -0.15) is 4.68 Å². The van der Waals surface area contributed by atoms with Gasteiger partial charge in [0.2, 0.25) is 11.1 Å². The minimum Gasteiger partial charge on any atom is -0.322 e. The Balaban J connectivity index is 1.75. The molecule has 1 heterocycles. The Kier molecular flexibility index (Phi) is 5.57. The summed E-state index contributed by atoms with van der Waals surface area (Å²) >= 11 is 1.40. The van der Waals surface area contributed by atoms with E-state index >= 15 is 0 Å². The van der Waals surface area contributed by atoms with Crippen LogP contribution in [0.15, 0.2) is 59.8 Å². The van der Waals surface area contributed by atoms with Crippen LogP contribution in [0.5, 0.6) is 0 Å². The molecule has 0 radical (unpaired) electrons. The van der Waals surface area contributed by atoms with E-state index in [9.17, 15) is 14.9 Å². The minimum atomic E-state index is -0.490. The van der Waals surface area contributed by atoms with Crippen molar-refractivity contribution in [2.75, 3.05) is 11.6 Å². The largest absolute Gasteiger partial charge is 0.322 e. The number of anilines is 1. The van der Waals surface area contributed by atoms with E-state index in [4.69, 9.17) is 0 Å². The fourth-order valence-corrected chi connectivity index (χ4v) is 2.76. The zero-order chi connectivity index (χ0) is 19.2. The second-order valence-corrected chi connectivity index (χ2v) is 6.04. The molecule has 0 aliphatic heterocycles. The smallest absolute Gasteiger partial charge is 0.276 e. The molecule has 10 heteroatoms. The van der Waals surface area contributed by atoms with Crippen LogP contribution >= 0.6 is 11.8 Å². The van der Waals surface area contributed by atoms with E-state index < -0.39 is 10.8 Å². The number of thioether (sulfide) groups is 1. The first-order valence-corrected chi connectivity index (χ1v) is 8.96. The molecule has 2 aromatic carbocycles. The molecule has 1 amide bonds. The molecule has 0 aliphatic rings. The highest BCUT2D eigenvalue weighted by atomic mass is 32.2. The third kappa shape index (κ3) is 4.36. The van der Waals surface area contributed by atoms with Gasteiger partial charge in [-0.25, -0.2) is 0 Å². The van der Waals surface area contributed by atoms with Gasteiger partial charge in [0, 0.05) is 17.8 Å². The fraction of sp³-hybridized carbons (Fsp3) is 0.0588. The number of carbonyl (C=O) groups excluding carboxylic acids is 1. The lowest BCUT2D eigenvalue weighted by Crippen LogP contribution is -2.08. The van der Waals surface area contributed by atoms with Crippen molar-refractivity contribution in [3.05, 3.63) is 70.3 Å². The number of benzene rings is 2. The molecular formula is C17H14N6O3S. The summed E-state index contributed by atoms with van der Waals surface area (Å²) in [5.74, 6) is -0.410. The Morgan fingerprint density at radius 1 is 1.26 bits per heavy atom. The molecule has 9 nitrogen and oxygen atoms in total. The number of nitrogens with zero attached hydrogens (tertiary/aromatic N) is 5. The standard InChI is InChI=1S/C17H14N6O3S/c1-27-17-19-20-21-22(17)14-7-4-6-13(11-14)18-16(24)10-9-12-5-2-3-8-15(12)23(25)26/h2-11H,1H3,(H,18,24)/b10-9+. The van der Waals surface area contributed by atoms with E-state index in [0.29, 0.717) is 22.1 Å². The molecule has 0 fully saturated rings. The van der Waals surface area contributed by atoms with E-state index in [1.54, 1.807) is 41.1 Å². The maximum atomic E-state index is 12.2. The van der Waals surface area contributed by atoms with E-state index in [1.807, 2.05) is 12.3 Å². The summed E-state index contributed by atoms with van der Waals surface area (Å²) in [6, 6.07) is 13.2. The first-order valence-electron chi connectivity index (χ1n) is 7.74. The van der Waals surface area contributed by atoms with Gasteiger partial charge in [0.25, 0.3) is 5.69 Å². The number of carbonyl (C=O) groups is 1. The highest BCUT2D eigenvalue weighted by Crippen LogP contribution is 2.20. The fourth-order valence-electron chi connectivity index (χ4n) is 2.33. The van der Waals surface area contributed by atoms with Crippen LogP contribution in [0.25, 0.3) is 11.8 Å². The minimum absolute atomic E-state index is 0.0631. The number of rotatable bonds is 6. The topological polar surface area (TPSA) is 116 Å². The van der Waals surface area contributed by atoms with Gasteiger partial charge in [-0.1, -0.05) is 30.0 Å². The van der Waals surface area contributed by atoms with Gasteiger partial charge in [-0.15, -0.1) is 5.10 Å². The second kappa shape index (κ2) is 8.23. The molecule has 0 unspecified atom stereocenters. The van der Waals surface area contributed by atoms with Gasteiger partial charge in [0.15, 0.2) is 0 Å². The van der Waals surface area contributed by atoms with Crippen LogP contribution in [0, 0.1) is 10.1 Å². The molecule has 0 saturated heterocycles. The quantitative estimate of drug-likeness (QED) is 0.301. The van der Waals surface area contributed by atoms with Crippen LogP contribution in [0.4, 0.5) is 11.4 Å². The average Bonchev–Trinajstić information content (AvgIpc) is 3.15. The van der Waals surface area contributed by atoms with Crippen molar-refractivity contribution in [2.24, 2.45) is 0 Å². The molecule has 1 N–H and O–H groups in total. The summed E-state index contributed by atoms with van der Waals surface area (Å²) in [5, 5.41) is 25.8. The number of nitro benzene ring substituents is 1. The lowest BCUT2D eigenvalue weighted by Gasteiger charge is -2.06. The SMILES string of the molecule is CSc1nnnn1-c1cccc(NC(=O)/C=C/c2ccccc2[N+](=O)[O-])c1. The Labute approximate surface area is 158 Å². The number of amides is 1. The summed E-state index contributed by atoms with van der Waals surface area (Å²) < 4.78 is 1.56. The molecule has 136 valence electrons. The van der Waals surface area contributed by atoms with Gasteiger partial charge in [0.1, 0.15) is 0 Å². The monoisotopic (exact) mass is 382 g/mol. The van der Waals surface area contributed by atoms with Crippen LogP contribution in [0.2, 0.25) is 0 Å². The number of para-hydroxylation sites is 1. The lowest BCUT2D eigenvalue weighted by atomic mass is 10.1. The van der Waals surface area contributed by atoms with Crippen LogP contribution in [0.1, 0.15) is 5.56 Å². The van der Waals surface area contributed by atoms with Gasteiger partial charge in [0.05, 0.1) is 16.2 Å². The zero-order valence-corrected chi connectivity index (χ0v) is 15.0. The summed E-state index contributed by atoms with van der Waals surface area (Å²) in [6.45, 7) is 0. The van der Waals surface area contributed by atoms with Gasteiger partial charge in [-0.3, -0.25) is 14.9 Å². The molecule has 0 atom stereocenters. The maximum absolute atomic E-state index is 12.2. The van der Waals surface area contributed by atoms with Crippen molar-refractivity contribution in [3.8, 4) is 5.69 Å². The summed E-state index contributed by atoms with van der Waals surface area (Å²) in [4.78, 5) is 22.7. The predicted octanol–water partition coefficient (Wildman–Crippen LogP) is 2.94. The second-order valence-electron chi connectivity index (χ2n) is 5.27. The molecule has 3 aromatic rings. The summed E-state index contributed by atoms with van der Waals surface area (Å²) in [6.07, 6.45) is 4.52. The zero-order valence-electron chi connectivity index (χ0n) is 14.1. The first-order chi connectivity index (χ1) is 13.1. The van der Waals surface area contributed by atoms with E-state index in [2.05, 4.69) is 20.8 Å². The van der Waals surface area contributed by atoms with Crippen LogP contribution in [-0.2, 0) is 4.79 Å². The molecule has 0 bridgehead atoms. The van der Waals surface area contributed by atoms with Crippen molar-refractivity contribution in [2.45, 2.75) is 5.16 Å². The molecule has 3 rings (SSSR count). The Morgan fingerprint density at radius 3 is 2.85 bits per heavy atom. The van der Waals surface area contributed by atoms with Crippen molar-refractivity contribution in [3.63, 3.8) is 0 Å². The lowest BCUT2D eigenvalue weighted by molar-refractivity contribution is -0.385. The summed E-state index contributed by atoms with van der Waals surface area (Å²) in [5.41, 5.74) is 1.54. The number of hydrogen-bond acceptors (Lipinski definition) is 7. The van der Waals surface area contributed by atoms with Crippen molar-refractivity contribution in [1.29, 1.82) is 0 Å². The Bertz CT molecular complexity index is 1020. The van der Waals surface area contributed by atoms with E-state index in [0.717, 1.165) is 0 Å². The van der Waals surface area contributed by atoms with Crippen LogP contribution in [0.3, 0.4) is 0 Å². The molecule has 0 saturated carbocycles. The number of nitrogens with one attached hydrogen (secondary N) is 1. The summed E-state index contributed by atoms with van der Waals surface area (Å²) in [7, 11) is 0. The van der Waals surface area contributed by atoms with E-state index in [1.165, 1.54) is 30.0 Å². The van der Waals surface area contributed by atoms with E-state index in [-0.39, 0.29) is 5.69 Å². The number of hydrogen-bond donors (Lipinski definition) is 1. The highest BCUT2D eigenvalue weighted by Gasteiger charge is 2.10. The van der Waals surface area contributed by atoms with Gasteiger partial charge < -0.3 is 5.32 Å². The Morgan fingerprint density at radius 2 is 2.07 bits per heavy atom. The molecule has 27 heavy (non-hydrogen) atoms. The molecule has 0 spiro atoms. The third-order valence-electron chi connectivity index (χ3n) is 3.53. The van der Waals surface area contributed by atoms with Crippen LogP contribution in [-0.4, -0.2) is 37.3 Å². The van der Waals surface area contributed by atoms with Gasteiger partial charge >= 0.3 is 0 Å². The molecular weight excluding hydrogens is 368 g/mol. The van der Waals surface area contributed by atoms with Crippen molar-refractivity contribution in [1.82, 2.24) is 20.2 Å². The highest BCUT2D eigenvalue weighted by molar-refractivity contribution is 7.98. The predicted molar refractivity (Wildman–Crippen MR) is 102 cm³/mol. The number of tetrazole rings is 1. The average molecular weight is 382 g/mol. The normalized spacial score (nSPS) is 10.9. The first kappa shape index (κ1) is 18.3. The van der Waals surface area contributed by atoms with Crippen LogP contribution < -0.4 is 5.32 Å². The van der Waals surface area contributed by atoms with Gasteiger partial charge in [-0.05, 0) is 47.0 Å². The maximum Gasteiger partial charge on any atom is 0.276 e. The van der Waals surface area contributed by atoms with Crippen molar-refractivity contribution < 1.29 is 9.72 Å². The Hall–Kier alpha value is -3.53. The number of aromatic nitrogens is 4. The molecule has 0 aliphatic carbocycles. The van der Waals surface area contributed by atoms with Crippen molar-refractivity contribution >= 4 is 35.1 Å². The number of nitro groups is 1. The third-order valence-corrected chi connectivity index (χ3v) is 4.15.